The van der Waals surface area contributed by atoms with Gasteiger partial charge in [0, 0.05) is 12.7 Å². The van der Waals surface area contributed by atoms with Crippen LogP contribution in [-0.4, -0.2) is 20.9 Å². The van der Waals surface area contributed by atoms with Crippen molar-refractivity contribution in [2.24, 2.45) is 11.8 Å². The molecule has 0 aromatic carbocycles. The summed E-state index contributed by atoms with van der Waals surface area (Å²) in [6.07, 6.45) is 2.74. The number of rotatable bonds is 5. The number of nitrogen functional groups attached to an aromatic ring is 1. The fourth-order valence-corrected chi connectivity index (χ4v) is 2.75. The monoisotopic (exact) mass is 287 g/mol. The van der Waals surface area contributed by atoms with E-state index in [9.17, 15) is 13.6 Å². The van der Waals surface area contributed by atoms with Gasteiger partial charge in [-0.2, -0.15) is 5.10 Å². The minimum absolute atomic E-state index is 0.0228. The van der Waals surface area contributed by atoms with E-state index in [0.717, 1.165) is 19.3 Å². The lowest BCUT2D eigenvalue weighted by atomic mass is 9.80. The standard InChI is InChI=1S/C13H19F2N3O2/c14-12(15)11-10(16)7-18(17-11)6-5-8-1-3-9(4-2-8)13(19)20/h7-9,12H,1-6,16H2,(H,19,20). The maximum Gasteiger partial charge on any atom is 0.306 e. The molecule has 0 aliphatic heterocycles. The molecule has 3 N–H and O–H groups in total. The highest BCUT2D eigenvalue weighted by atomic mass is 19.3. The molecule has 1 aromatic heterocycles. The second-order valence-electron chi connectivity index (χ2n) is 5.38. The summed E-state index contributed by atoms with van der Waals surface area (Å²) in [4.78, 5) is 10.8. The Morgan fingerprint density at radius 2 is 2.10 bits per heavy atom. The van der Waals surface area contributed by atoms with Crippen molar-refractivity contribution in [1.82, 2.24) is 9.78 Å². The number of aryl methyl sites for hydroxylation is 1. The fraction of sp³-hybridized carbons (Fsp3) is 0.692. The number of aromatic nitrogens is 2. The van der Waals surface area contributed by atoms with Gasteiger partial charge in [-0.1, -0.05) is 0 Å². The predicted octanol–water partition coefficient (Wildman–Crippen LogP) is 2.68. The zero-order valence-electron chi connectivity index (χ0n) is 11.1. The highest BCUT2D eigenvalue weighted by molar-refractivity contribution is 5.69. The molecule has 0 unspecified atom stereocenters. The van der Waals surface area contributed by atoms with E-state index in [1.165, 1.54) is 10.9 Å². The molecule has 0 bridgehead atoms. The maximum atomic E-state index is 12.5. The lowest BCUT2D eigenvalue weighted by Crippen LogP contribution is -2.22. The maximum absolute atomic E-state index is 12.5. The zero-order valence-corrected chi connectivity index (χ0v) is 11.1. The Hall–Kier alpha value is -1.66. The summed E-state index contributed by atoms with van der Waals surface area (Å²) in [6, 6.07) is 0. The van der Waals surface area contributed by atoms with E-state index in [1.807, 2.05) is 0 Å². The third kappa shape index (κ3) is 3.46. The third-order valence-corrected chi connectivity index (χ3v) is 3.99. The van der Waals surface area contributed by atoms with Gasteiger partial charge in [0.15, 0.2) is 5.69 Å². The molecule has 2 rings (SSSR count). The molecule has 5 nitrogen and oxygen atoms in total. The van der Waals surface area contributed by atoms with E-state index in [2.05, 4.69) is 5.10 Å². The Morgan fingerprint density at radius 1 is 1.45 bits per heavy atom. The Labute approximate surface area is 115 Å². The minimum Gasteiger partial charge on any atom is -0.481 e. The highest BCUT2D eigenvalue weighted by Crippen LogP contribution is 2.31. The van der Waals surface area contributed by atoms with Crippen LogP contribution in [0.5, 0.6) is 0 Å². The number of nitrogens with zero attached hydrogens (tertiary/aromatic N) is 2. The van der Waals surface area contributed by atoms with Gasteiger partial charge >= 0.3 is 5.97 Å². The molecular weight excluding hydrogens is 268 g/mol. The normalized spacial score (nSPS) is 23.1. The third-order valence-electron chi connectivity index (χ3n) is 3.99. The summed E-state index contributed by atoms with van der Waals surface area (Å²) in [5.41, 5.74) is 5.14. The average Bonchev–Trinajstić information content (AvgIpc) is 2.78. The van der Waals surface area contributed by atoms with Crippen molar-refractivity contribution in [1.29, 1.82) is 0 Å². The largest absolute Gasteiger partial charge is 0.481 e. The molecule has 1 heterocycles. The summed E-state index contributed by atoms with van der Waals surface area (Å²) in [6.45, 7) is 0.541. The van der Waals surface area contributed by atoms with Gasteiger partial charge in [-0.05, 0) is 38.0 Å². The number of alkyl halides is 2. The van der Waals surface area contributed by atoms with Crippen LogP contribution < -0.4 is 5.73 Å². The van der Waals surface area contributed by atoms with Crippen LogP contribution in [0.3, 0.4) is 0 Å². The molecule has 0 spiro atoms. The zero-order chi connectivity index (χ0) is 14.7. The Morgan fingerprint density at radius 3 is 2.60 bits per heavy atom. The van der Waals surface area contributed by atoms with Crippen LogP contribution in [0.4, 0.5) is 14.5 Å². The van der Waals surface area contributed by atoms with Crippen LogP contribution in [0.25, 0.3) is 0 Å². The number of carboxylic acid groups (broad SMARTS) is 1. The Bertz CT molecular complexity index is 468. The first-order valence-corrected chi connectivity index (χ1v) is 6.81. The van der Waals surface area contributed by atoms with E-state index >= 15 is 0 Å². The smallest absolute Gasteiger partial charge is 0.306 e. The first kappa shape index (κ1) is 14.7. The summed E-state index contributed by atoms with van der Waals surface area (Å²) >= 11 is 0. The number of aliphatic carboxylic acids is 1. The molecule has 1 aromatic rings. The van der Waals surface area contributed by atoms with E-state index in [0.29, 0.717) is 25.3 Å². The average molecular weight is 287 g/mol. The van der Waals surface area contributed by atoms with Gasteiger partial charge in [0.25, 0.3) is 6.43 Å². The predicted molar refractivity (Wildman–Crippen MR) is 69.3 cm³/mol. The van der Waals surface area contributed by atoms with Crippen LogP contribution >= 0.6 is 0 Å². The quantitative estimate of drug-likeness (QED) is 0.872. The summed E-state index contributed by atoms with van der Waals surface area (Å²) < 4.78 is 26.5. The molecule has 0 saturated heterocycles. The van der Waals surface area contributed by atoms with Crippen molar-refractivity contribution in [3.05, 3.63) is 11.9 Å². The van der Waals surface area contributed by atoms with Gasteiger partial charge in [0.2, 0.25) is 0 Å². The highest BCUT2D eigenvalue weighted by Gasteiger charge is 2.25. The van der Waals surface area contributed by atoms with E-state index in [-0.39, 0.29) is 17.3 Å². The van der Waals surface area contributed by atoms with Crippen LogP contribution in [0.2, 0.25) is 0 Å². The Balaban J connectivity index is 1.81. The number of nitrogens with two attached hydrogens (primary N) is 1. The van der Waals surface area contributed by atoms with Crippen molar-refractivity contribution >= 4 is 11.7 Å². The SMILES string of the molecule is Nc1cn(CCC2CCC(C(=O)O)CC2)nc1C(F)F. The fourth-order valence-electron chi connectivity index (χ4n) is 2.75. The topological polar surface area (TPSA) is 81.1 Å². The number of hydrogen-bond acceptors (Lipinski definition) is 3. The molecule has 1 aliphatic rings. The number of carboxylic acids is 1. The molecule has 0 atom stereocenters. The lowest BCUT2D eigenvalue weighted by Gasteiger charge is -2.25. The molecule has 1 aliphatic carbocycles. The first-order valence-electron chi connectivity index (χ1n) is 6.81. The van der Waals surface area contributed by atoms with Gasteiger partial charge in [-0.15, -0.1) is 0 Å². The van der Waals surface area contributed by atoms with Crippen LogP contribution in [0, 0.1) is 11.8 Å². The van der Waals surface area contributed by atoms with Gasteiger partial charge in [0.05, 0.1) is 11.6 Å². The van der Waals surface area contributed by atoms with Crippen LogP contribution in [-0.2, 0) is 11.3 Å². The first-order chi connectivity index (χ1) is 9.47. The van der Waals surface area contributed by atoms with E-state index in [1.54, 1.807) is 0 Å². The summed E-state index contributed by atoms with van der Waals surface area (Å²) in [5.74, 6) is -0.507. The lowest BCUT2D eigenvalue weighted by molar-refractivity contribution is -0.143. The molecule has 0 amide bonds. The van der Waals surface area contributed by atoms with Gasteiger partial charge < -0.3 is 10.8 Å². The number of carbonyl (C=O) groups is 1. The molecule has 7 heteroatoms. The number of anilines is 1. The molecule has 20 heavy (non-hydrogen) atoms. The van der Waals surface area contributed by atoms with Gasteiger partial charge in [-0.3, -0.25) is 9.48 Å². The second-order valence-corrected chi connectivity index (χ2v) is 5.38. The Kier molecular flexibility index (Phi) is 4.57. The summed E-state index contributed by atoms with van der Waals surface area (Å²) in [5, 5.41) is 12.7. The van der Waals surface area contributed by atoms with Crippen molar-refractivity contribution in [3.8, 4) is 0 Å². The molecule has 112 valence electrons. The van der Waals surface area contributed by atoms with Crippen molar-refractivity contribution in [2.75, 3.05) is 5.73 Å². The minimum atomic E-state index is -2.65. The molecule has 0 radical (unpaired) electrons. The van der Waals surface area contributed by atoms with Crippen LogP contribution in [0.1, 0.15) is 44.2 Å². The van der Waals surface area contributed by atoms with Crippen LogP contribution in [0.15, 0.2) is 6.20 Å². The van der Waals surface area contributed by atoms with Crippen molar-refractivity contribution < 1.29 is 18.7 Å². The van der Waals surface area contributed by atoms with Crippen molar-refractivity contribution in [2.45, 2.75) is 45.1 Å². The molecular formula is C13H19F2N3O2. The number of halogens is 2. The van der Waals surface area contributed by atoms with E-state index in [4.69, 9.17) is 10.8 Å². The van der Waals surface area contributed by atoms with E-state index < -0.39 is 12.4 Å². The molecule has 1 fully saturated rings. The second kappa shape index (κ2) is 6.19. The molecule has 1 saturated carbocycles. The summed E-state index contributed by atoms with van der Waals surface area (Å²) in [7, 11) is 0. The van der Waals surface area contributed by atoms with Gasteiger partial charge in [-0.25, -0.2) is 8.78 Å². The van der Waals surface area contributed by atoms with Gasteiger partial charge in [0.1, 0.15) is 0 Å². The van der Waals surface area contributed by atoms with Crippen molar-refractivity contribution in [3.63, 3.8) is 0 Å². The number of hydrogen-bond donors (Lipinski definition) is 2.